The van der Waals surface area contributed by atoms with Gasteiger partial charge >= 0.3 is 6.18 Å². The van der Waals surface area contributed by atoms with Crippen LogP contribution >= 0.6 is 24.0 Å². The fourth-order valence-electron chi connectivity index (χ4n) is 2.46. The molecule has 0 aliphatic carbocycles. The first kappa shape index (κ1) is 25.2. The molecule has 0 aromatic rings. The highest BCUT2D eigenvalue weighted by Crippen LogP contribution is 2.25. The third-order valence-electron chi connectivity index (χ3n) is 4.31. The fraction of sp³-hybridized carbons (Fsp3) is 0.875. The van der Waals surface area contributed by atoms with Crippen molar-refractivity contribution in [2.75, 3.05) is 53.4 Å². The van der Waals surface area contributed by atoms with Crippen LogP contribution in [0.3, 0.4) is 0 Å². The lowest BCUT2D eigenvalue weighted by molar-refractivity contribution is -0.181. The Balaban J connectivity index is 0.00000625. The quantitative estimate of drug-likeness (QED) is 0.266. The van der Waals surface area contributed by atoms with Crippen molar-refractivity contribution in [3.8, 4) is 0 Å². The number of carbonyl (C=O) groups excluding carboxylic acids is 1. The number of guanidine groups is 1. The van der Waals surface area contributed by atoms with Gasteiger partial charge in [-0.1, -0.05) is 13.3 Å². The van der Waals surface area contributed by atoms with E-state index < -0.39 is 12.2 Å². The number of nitrogens with zero attached hydrogens (tertiary/aromatic N) is 4. The molecule has 154 valence electrons. The van der Waals surface area contributed by atoms with Crippen molar-refractivity contribution in [2.24, 2.45) is 4.99 Å². The normalized spacial score (nSPS) is 17.5. The molecule has 1 atom stereocenters. The van der Waals surface area contributed by atoms with E-state index in [2.05, 4.69) is 17.2 Å². The average molecular weight is 493 g/mol. The molecule has 6 nitrogen and oxygen atoms in total. The topological polar surface area (TPSA) is 51.2 Å². The SMILES string of the molecule is CCCCNC(=NCC(=O)N(C)C)N1CCN(C(C)C(F)(F)F)CC1.I. The predicted octanol–water partition coefficient (Wildman–Crippen LogP) is 2.01. The molecule has 0 aromatic carbocycles. The maximum Gasteiger partial charge on any atom is 0.403 e. The van der Waals surface area contributed by atoms with E-state index >= 15 is 0 Å². The lowest BCUT2D eigenvalue weighted by Crippen LogP contribution is -2.57. The first-order valence-corrected chi connectivity index (χ1v) is 8.71. The molecule has 0 aromatic heterocycles. The number of piperazine rings is 1. The molecule has 0 spiro atoms. The van der Waals surface area contributed by atoms with Crippen molar-refractivity contribution in [3.63, 3.8) is 0 Å². The largest absolute Gasteiger partial charge is 0.403 e. The van der Waals surface area contributed by atoms with Crippen molar-refractivity contribution in [2.45, 2.75) is 38.9 Å². The molecule has 1 rings (SSSR count). The Kier molecular flexibility index (Phi) is 11.5. The molecule has 1 saturated heterocycles. The smallest absolute Gasteiger partial charge is 0.356 e. The van der Waals surface area contributed by atoms with Crippen molar-refractivity contribution >= 4 is 35.8 Å². The van der Waals surface area contributed by atoms with E-state index in [9.17, 15) is 18.0 Å². The Labute approximate surface area is 171 Å². The zero-order valence-corrected chi connectivity index (χ0v) is 18.3. The highest BCUT2D eigenvalue weighted by Gasteiger charge is 2.41. The molecule has 1 unspecified atom stereocenters. The first-order chi connectivity index (χ1) is 11.7. The molecule has 1 heterocycles. The van der Waals surface area contributed by atoms with Crippen LogP contribution in [0.25, 0.3) is 0 Å². The molecule has 26 heavy (non-hydrogen) atoms. The zero-order chi connectivity index (χ0) is 19.0. The number of likely N-dealkylation sites (N-methyl/N-ethyl adjacent to an activating group) is 1. The van der Waals surface area contributed by atoms with Crippen LogP contribution in [0.1, 0.15) is 26.7 Å². The van der Waals surface area contributed by atoms with E-state index in [1.54, 1.807) is 14.1 Å². The van der Waals surface area contributed by atoms with E-state index in [1.165, 1.54) is 16.7 Å². The zero-order valence-electron chi connectivity index (χ0n) is 16.0. The summed E-state index contributed by atoms with van der Waals surface area (Å²) in [5.74, 6) is 0.488. The first-order valence-electron chi connectivity index (χ1n) is 8.71. The summed E-state index contributed by atoms with van der Waals surface area (Å²) in [6.45, 7) is 5.56. The van der Waals surface area contributed by atoms with E-state index in [0.29, 0.717) is 32.1 Å². The van der Waals surface area contributed by atoms with Crippen molar-refractivity contribution in [1.82, 2.24) is 20.0 Å². The van der Waals surface area contributed by atoms with E-state index in [0.717, 1.165) is 19.4 Å². The molecule has 1 N–H and O–H groups in total. The van der Waals surface area contributed by atoms with Crippen LogP contribution in [0.4, 0.5) is 13.2 Å². The van der Waals surface area contributed by atoms with Crippen LogP contribution in [-0.2, 0) is 4.79 Å². The Hall–Kier alpha value is -0.780. The van der Waals surface area contributed by atoms with Gasteiger partial charge in [-0.25, -0.2) is 4.99 Å². The summed E-state index contributed by atoms with van der Waals surface area (Å²) >= 11 is 0. The molecule has 0 radical (unpaired) electrons. The van der Waals surface area contributed by atoms with E-state index in [-0.39, 0.29) is 36.4 Å². The number of nitrogens with one attached hydrogen (secondary N) is 1. The van der Waals surface area contributed by atoms with Gasteiger partial charge in [0.15, 0.2) is 5.96 Å². The van der Waals surface area contributed by atoms with Gasteiger partial charge in [0, 0.05) is 46.8 Å². The molecular weight excluding hydrogens is 462 g/mol. The van der Waals surface area contributed by atoms with Crippen LogP contribution in [-0.4, -0.2) is 92.1 Å². The molecule has 1 fully saturated rings. The van der Waals surface area contributed by atoms with Crippen LogP contribution < -0.4 is 5.32 Å². The summed E-state index contributed by atoms with van der Waals surface area (Å²) in [5.41, 5.74) is 0. The van der Waals surface area contributed by atoms with Gasteiger partial charge in [-0.2, -0.15) is 13.2 Å². The van der Waals surface area contributed by atoms with Crippen LogP contribution in [0, 0.1) is 0 Å². The van der Waals surface area contributed by atoms with Crippen LogP contribution in [0.5, 0.6) is 0 Å². The van der Waals surface area contributed by atoms with Crippen molar-refractivity contribution in [3.05, 3.63) is 0 Å². The molecule has 1 amide bonds. The number of unbranched alkanes of at least 4 members (excludes halogenated alkanes) is 1. The Morgan fingerprint density at radius 3 is 2.27 bits per heavy atom. The number of aliphatic imine (C=N–C) groups is 1. The number of rotatable bonds is 6. The van der Waals surface area contributed by atoms with Crippen LogP contribution in [0.15, 0.2) is 4.99 Å². The highest BCUT2D eigenvalue weighted by molar-refractivity contribution is 14.0. The minimum absolute atomic E-state index is 0. The molecule has 0 saturated carbocycles. The van der Waals surface area contributed by atoms with Crippen molar-refractivity contribution < 1.29 is 18.0 Å². The highest BCUT2D eigenvalue weighted by atomic mass is 127. The monoisotopic (exact) mass is 493 g/mol. The molecule has 0 bridgehead atoms. The number of amides is 1. The van der Waals surface area contributed by atoms with Gasteiger partial charge in [0.1, 0.15) is 12.6 Å². The number of hydrogen-bond donors (Lipinski definition) is 1. The summed E-state index contributed by atoms with van der Waals surface area (Å²) in [5, 5.41) is 3.22. The minimum atomic E-state index is -4.21. The maximum absolute atomic E-state index is 12.8. The lowest BCUT2D eigenvalue weighted by Gasteiger charge is -2.39. The Bertz CT molecular complexity index is 452. The third-order valence-corrected chi connectivity index (χ3v) is 4.31. The standard InChI is InChI=1S/C16H30F3N5O.HI/c1-5-6-7-20-15(21-12-14(25)22(3)4)24-10-8-23(9-11-24)13(2)16(17,18)19;/h13H,5-12H2,1-4H3,(H,20,21);1H. The summed E-state index contributed by atoms with van der Waals surface area (Å²) < 4.78 is 38.5. The number of hydrogen-bond acceptors (Lipinski definition) is 3. The molecule has 1 aliphatic heterocycles. The maximum atomic E-state index is 12.8. The fourth-order valence-corrected chi connectivity index (χ4v) is 2.46. The summed E-state index contributed by atoms with van der Waals surface area (Å²) in [6, 6.07) is -1.45. The van der Waals surface area contributed by atoms with E-state index in [1.807, 2.05) is 4.90 Å². The van der Waals surface area contributed by atoms with Gasteiger partial charge in [-0.15, -0.1) is 24.0 Å². The minimum Gasteiger partial charge on any atom is -0.356 e. The van der Waals surface area contributed by atoms with Gasteiger partial charge in [0.2, 0.25) is 5.91 Å². The second kappa shape index (κ2) is 11.8. The van der Waals surface area contributed by atoms with Gasteiger partial charge in [-0.3, -0.25) is 9.69 Å². The van der Waals surface area contributed by atoms with Gasteiger partial charge in [0.25, 0.3) is 0 Å². The lowest BCUT2D eigenvalue weighted by atomic mass is 10.2. The Morgan fingerprint density at radius 1 is 1.23 bits per heavy atom. The molecule has 1 aliphatic rings. The number of alkyl halides is 3. The second-order valence-corrected chi connectivity index (χ2v) is 6.45. The molecule has 10 heteroatoms. The van der Waals surface area contributed by atoms with Gasteiger partial charge < -0.3 is 15.1 Å². The van der Waals surface area contributed by atoms with Crippen LogP contribution in [0.2, 0.25) is 0 Å². The van der Waals surface area contributed by atoms with Crippen molar-refractivity contribution in [1.29, 1.82) is 0 Å². The molecular formula is C16H31F3IN5O. The average Bonchev–Trinajstić information content (AvgIpc) is 2.56. The Morgan fingerprint density at radius 2 is 1.81 bits per heavy atom. The second-order valence-electron chi connectivity index (χ2n) is 6.45. The summed E-state index contributed by atoms with van der Waals surface area (Å²) in [6.07, 6.45) is -2.23. The summed E-state index contributed by atoms with van der Waals surface area (Å²) in [7, 11) is 3.33. The summed E-state index contributed by atoms with van der Waals surface area (Å²) in [4.78, 5) is 20.9. The van der Waals surface area contributed by atoms with Gasteiger partial charge in [-0.05, 0) is 13.3 Å². The van der Waals surface area contributed by atoms with E-state index in [4.69, 9.17) is 0 Å². The van der Waals surface area contributed by atoms with Gasteiger partial charge in [0.05, 0.1) is 0 Å². The number of halogens is 4. The third kappa shape index (κ3) is 8.28. The predicted molar refractivity (Wildman–Crippen MR) is 108 cm³/mol. The number of carbonyl (C=O) groups is 1.